The summed E-state index contributed by atoms with van der Waals surface area (Å²) >= 11 is 25.0. The van der Waals surface area contributed by atoms with Gasteiger partial charge in [0.15, 0.2) is 0 Å². The van der Waals surface area contributed by atoms with Gasteiger partial charge in [-0.3, -0.25) is 9.59 Å². The van der Waals surface area contributed by atoms with E-state index >= 15 is 0 Å². The van der Waals surface area contributed by atoms with Crippen molar-refractivity contribution in [2.24, 2.45) is 0 Å². The molecule has 0 heterocycles. The van der Waals surface area contributed by atoms with E-state index in [-0.39, 0.29) is 30.8 Å². The molecule has 1 saturated carbocycles. The van der Waals surface area contributed by atoms with Crippen LogP contribution >= 0.6 is 46.4 Å². The van der Waals surface area contributed by atoms with Crippen molar-refractivity contribution in [2.45, 2.75) is 64.1 Å². The lowest BCUT2D eigenvalue weighted by atomic mass is 9.95. The molecule has 0 bridgehead atoms. The molecule has 1 aliphatic carbocycles. The number of rotatable bonds is 7. The minimum absolute atomic E-state index is 0.0269. The number of benzene rings is 2. The second kappa shape index (κ2) is 11.6. The molecule has 0 aliphatic heterocycles. The van der Waals surface area contributed by atoms with Gasteiger partial charge in [-0.1, -0.05) is 77.8 Å². The van der Waals surface area contributed by atoms with Gasteiger partial charge in [0.25, 0.3) is 0 Å². The van der Waals surface area contributed by atoms with Crippen LogP contribution in [0.25, 0.3) is 0 Å². The minimum Gasteiger partial charge on any atom is -0.352 e. The predicted molar refractivity (Wildman–Crippen MR) is 132 cm³/mol. The van der Waals surface area contributed by atoms with E-state index in [2.05, 4.69) is 5.32 Å². The molecule has 1 fully saturated rings. The quantitative estimate of drug-likeness (QED) is 0.445. The van der Waals surface area contributed by atoms with E-state index < -0.39 is 6.04 Å². The van der Waals surface area contributed by atoms with E-state index in [0.717, 1.165) is 25.7 Å². The zero-order chi connectivity index (χ0) is 23.3. The van der Waals surface area contributed by atoms with Gasteiger partial charge in [0.2, 0.25) is 11.8 Å². The van der Waals surface area contributed by atoms with Crippen molar-refractivity contribution >= 4 is 58.2 Å². The smallest absolute Gasteiger partial charge is 0.242 e. The molecule has 1 N–H and O–H groups in total. The first-order valence-electron chi connectivity index (χ1n) is 10.7. The van der Waals surface area contributed by atoms with Gasteiger partial charge in [0, 0.05) is 38.2 Å². The molecule has 0 radical (unpaired) electrons. The number of amides is 2. The molecular formula is C24H26Cl4N2O2. The Bertz CT molecular complexity index is 956. The van der Waals surface area contributed by atoms with E-state index in [1.807, 2.05) is 0 Å². The van der Waals surface area contributed by atoms with Crippen LogP contribution in [0.2, 0.25) is 20.1 Å². The van der Waals surface area contributed by atoms with Crippen molar-refractivity contribution in [3.05, 3.63) is 67.6 Å². The van der Waals surface area contributed by atoms with Crippen LogP contribution in [0.1, 0.15) is 50.2 Å². The zero-order valence-electron chi connectivity index (χ0n) is 17.8. The summed E-state index contributed by atoms with van der Waals surface area (Å²) in [5.74, 6) is -0.438. The van der Waals surface area contributed by atoms with Gasteiger partial charge < -0.3 is 10.2 Å². The number of halogens is 4. The molecule has 0 aromatic heterocycles. The van der Waals surface area contributed by atoms with Crippen LogP contribution in [-0.2, 0) is 22.6 Å². The van der Waals surface area contributed by atoms with Gasteiger partial charge in [-0.25, -0.2) is 0 Å². The molecular weight excluding hydrogens is 490 g/mol. The molecule has 32 heavy (non-hydrogen) atoms. The maximum absolute atomic E-state index is 13.4. The lowest BCUT2D eigenvalue weighted by Crippen LogP contribution is -2.50. The Morgan fingerprint density at radius 1 is 1.00 bits per heavy atom. The summed E-state index contributed by atoms with van der Waals surface area (Å²) in [6, 6.07) is 9.61. The Morgan fingerprint density at radius 2 is 1.66 bits per heavy atom. The summed E-state index contributed by atoms with van der Waals surface area (Å²) in [6.45, 7) is 1.84. The minimum atomic E-state index is -0.706. The molecule has 0 spiro atoms. The first-order valence-corrected chi connectivity index (χ1v) is 12.2. The summed E-state index contributed by atoms with van der Waals surface area (Å²) in [4.78, 5) is 28.0. The molecule has 2 amide bonds. The SMILES string of the molecule is CC(C(=O)NC1CCCCC1)N(Cc1c(Cl)cccc1Cl)C(=O)Cc1ccc(Cl)cc1Cl. The maximum atomic E-state index is 13.4. The van der Waals surface area contributed by atoms with E-state index in [9.17, 15) is 9.59 Å². The molecule has 8 heteroatoms. The van der Waals surface area contributed by atoms with Crippen LogP contribution < -0.4 is 5.32 Å². The van der Waals surface area contributed by atoms with Crippen LogP contribution in [0, 0.1) is 0 Å². The van der Waals surface area contributed by atoms with E-state index in [1.54, 1.807) is 43.3 Å². The van der Waals surface area contributed by atoms with Crippen LogP contribution in [0.4, 0.5) is 0 Å². The van der Waals surface area contributed by atoms with Crippen molar-refractivity contribution in [3.8, 4) is 0 Å². The summed E-state index contributed by atoms with van der Waals surface area (Å²) in [7, 11) is 0. The molecule has 1 unspecified atom stereocenters. The average molecular weight is 516 g/mol. The molecule has 2 aromatic rings. The number of carbonyl (C=O) groups is 2. The lowest BCUT2D eigenvalue weighted by molar-refractivity contribution is -0.140. The fourth-order valence-electron chi connectivity index (χ4n) is 3.93. The second-order valence-corrected chi connectivity index (χ2v) is 9.81. The summed E-state index contributed by atoms with van der Waals surface area (Å²) in [5, 5.41) is 4.89. The molecule has 4 nitrogen and oxygen atoms in total. The second-order valence-electron chi connectivity index (χ2n) is 8.15. The number of carbonyl (C=O) groups excluding carboxylic acids is 2. The Kier molecular flexibility index (Phi) is 9.13. The van der Waals surface area contributed by atoms with Crippen molar-refractivity contribution < 1.29 is 9.59 Å². The molecule has 0 saturated heterocycles. The van der Waals surface area contributed by atoms with Crippen LogP contribution in [0.3, 0.4) is 0 Å². The van der Waals surface area contributed by atoms with Gasteiger partial charge in [-0.2, -0.15) is 0 Å². The monoisotopic (exact) mass is 514 g/mol. The van der Waals surface area contributed by atoms with E-state index in [1.165, 1.54) is 11.3 Å². The fourth-order valence-corrected chi connectivity index (χ4v) is 4.93. The van der Waals surface area contributed by atoms with Crippen LogP contribution in [0.15, 0.2) is 36.4 Å². The number of nitrogens with one attached hydrogen (secondary N) is 1. The van der Waals surface area contributed by atoms with Crippen molar-refractivity contribution in [1.82, 2.24) is 10.2 Å². The number of hydrogen-bond donors (Lipinski definition) is 1. The Hall–Kier alpha value is -1.46. The third-order valence-corrected chi connectivity index (χ3v) is 7.16. The highest BCUT2D eigenvalue weighted by Crippen LogP contribution is 2.28. The van der Waals surface area contributed by atoms with Gasteiger partial charge in [0.1, 0.15) is 6.04 Å². The highest BCUT2D eigenvalue weighted by molar-refractivity contribution is 6.36. The maximum Gasteiger partial charge on any atom is 0.242 e. The largest absolute Gasteiger partial charge is 0.352 e. The third kappa shape index (κ3) is 6.54. The summed E-state index contributed by atoms with van der Waals surface area (Å²) in [5.41, 5.74) is 1.24. The molecule has 3 rings (SSSR count). The first kappa shape index (κ1) is 25.2. The molecule has 1 aliphatic rings. The molecule has 2 aromatic carbocycles. The lowest BCUT2D eigenvalue weighted by Gasteiger charge is -2.31. The first-order chi connectivity index (χ1) is 15.3. The zero-order valence-corrected chi connectivity index (χ0v) is 20.9. The van der Waals surface area contributed by atoms with E-state index in [4.69, 9.17) is 46.4 Å². The predicted octanol–water partition coefficient (Wildman–Crippen LogP) is 6.71. The van der Waals surface area contributed by atoms with Gasteiger partial charge in [-0.15, -0.1) is 0 Å². The topological polar surface area (TPSA) is 49.4 Å². The van der Waals surface area contributed by atoms with Crippen molar-refractivity contribution in [2.75, 3.05) is 0 Å². The Labute approximate surface area is 209 Å². The van der Waals surface area contributed by atoms with Crippen molar-refractivity contribution in [1.29, 1.82) is 0 Å². The van der Waals surface area contributed by atoms with Gasteiger partial charge in [-0.05, 0) is 49.6 Å². The third-order valence-electron chi connectivity index (χ3n) is 5.87. The highest BCUT2D eigenvalue weighted by Gasteiger charge is 2.29. The molecule has 1 atom stereocenters. The van der Waals surface area contributed by atoms with E-state index in [0.29, 0.717) is 31.2 Å². The summed E-state index contributed by atoms with van der Waals surface area (Å²) < 4.78 is 0. The fraction of sp³-hybridized carbons (Fsp3) is 0.417. The standard InChI is InChI=1S/C24H26Cl4N2O2/c1-15(24(32)29-18-6-3-2-4-7-18)30(14-19-20(26)8-5-9-21(19)27)23(31)12-16-10-11-17(25)13-22(16)28/h5,8-11,13,15,18H,2-4,6-7,12,14H2,1H3,(H,29,32). The highest BCUT2D eigenvalue weighted by atomic mass is 35.5. The van der Waals surface area contributed by atoms with Crippen molar-refractivity contribution in [3.63, 3.8) is 0 Å². The van der Waals surface area contributed by atoms with Crippen LogP contribution in [-0.4, -0.2) is 28.8 Å². The Balaban J connectivity index is 1.83. The number of nitrogens with zero attached hydrogens (tertiary/aromatic N) is 1. The van der Waals surface area contributed by atoms with Gasteiger partial charge in [0.05, 0.1) is 6.42 Å². The molecule has 172 valence electrons. The Morgan fingerprint density at radius 3 is 2.28 bits per heavy atom. The number of hydrogen-bond acceptors (Lipinski definition) is 2. The van der Waals surface area contributed by atoms with Gasteiger partial charge >= 0.3 is 0 Å². The average Bonchev–Trinajstić information content (AvgIpc) is 2.75. The van der Waals surface area contributed by atoms with Crippen LogP contribution in [0.5, 0.6) is 0 Å². The normalized spacial score (nSPS) is 15.3. The summed E-state index contributed by atoms with van der Waals surface area (Å²) in [6.07, 6.45) is 5.35.